The fourth-order valence-corrected chi connectivity index (χ4v) is 2.43. The van der Waals surface area contributed by atoms with Crippen molar-refractivity contribution in [1.82, 2.24) is 0 Å². The number of nitrogens with two attached hydrogens (primary N) is 1. The van der Waals surface area contributed by atoms with Crippen LogP contribution in [0.1, 0.15) is 11.1 Å². The largest absolute Gasteiger partial charge is 0.398 e. The van der Waals surface area contributed by atoms with E-state index in [0.29, 0.717) is 0 Å². The standard InChI is InChI=1S/C16H15N/c1-10-3-5-14-12(9-10)4-6-13-11(2)16(17)8-7-15(13)14/h3-9H,17H2,1-2H3. The third kappa shape index (κ3) is 1.47. The third-order valence-corrected chi connectivity index (χ3v) is 3.48. The Kier molecular flexibility index (Phi) is 2.08. The smallest absolute Gasteiger partial charge is 0.0350 e. The van der Waals surface area contributed by atoms with Gasteiger partial charge in [-0.2, -0.15) is 0 Å². The van der Waals surface area contributed by atoms with E-state index in [1.165, 1.54) is 32.7 Å². The summed E-state index contributed by atoms with van der Waals surface area (Å²) in [6, 6.07) is 15.0. The molecule has 0 aromatic heterocycles. The highest BCUT2D eigenvalue weighted by molar-refractivity contribution is 6.09. The molecule has 0 fully saturated rings. The normalized spacial score (nSPS) is 11.2. The Balaban J connectivity index is 2.53. The Morgan fingerprint density at radius 2 is 1.47 bits per heavy atom. The average molecular weight is 221 g/mol. The fourth-order valence-electron chi connectivity index (χ4n) is 2.43. The lowest BCUT2D eigenvalue weighted by Gasteiger charge is -2.09. The summed E-state index contributed by atoms with van der Waals surface area (Å²) in [6.07, 6.45) is 0. The van der Waals surface area contributed by atoms with Gasteiger partial charge in [-0.3, -0.25) is 0 Å². The Hall–Kier alpha value is -2.02. The van der Waals surface area contributed by atoms with Crippen LogP contribution in [0.3, 0.4) is 0 Å². The van der Waals surface area contributed by atoms with E-state index >= 15 is 0 Å². The quantitative estimate of drug-likeness (QED) is 0.447. The molecule has 0 saturated carbocycles. The van der Waals surface area contributed by atoms with Gasteiger partial charge in [-0.1, -0.05) is 42.0 Å². The van der Waals surface area contributed by atoms with E-state index in [-0.39, 0.29) is 0 Å². The van der Waals surface area contributed by atoms with Crippen molar-refractivity contribution in [1.29, 1.82) is 0 Å². The molecule has 1 heteroatoms. The number of rotatable bonds is 0. The van der Waals surface area contributed by atoms with Crippen molar-refractivity contribution in [2.24, 2.45) is 0 Å². The maximum Gasteiger partial charge on any atom is 0.0350 e. The summed E-state index contributed by atoms with van der Waals surface area (Å²) in [7, 11) is 0. The SMILES string of the molecule is Cc1ccc2c(ccc3c(C)c(N)ccc32)c1. The van der Waals surface area contributed by atoms with E-state index in [2.05, 4.69) is 50.2 Å². The number of aryl methyl sites for hydroxylation is 2. The maximum atomic E-state index is 5.95. The molecule has 3 rings (SSSR count). The van der Waals surface area contributed by atoms with Crippen LogP contribution in [0.25, 0.3) is 21.5 Å². The highest BCUT2D eigenvalue weighted by atomic mass is 14.6. The first kappa shape index (κ1) is 10.2. The van der Waals surface area contributed by atoms with Gasteiger partial charge in [-0.05, 0) is 47.0 Å². The van der Waals surface area contributed by atoms with Gasteiger partial charge in [-0.15, -0.1) is 0 Å². The van der Waals surface area contributed by atoms with Crippen LogP contribution in [-0.2, 0) is 0 Å². The van der Waals surface area contributed by atoms with Gasteiger partial charge in [0.05, 0.1) is 0 Å². The molecule has 84 valence electrons. The molecule has 0 bridgehead atoms. The summed E-state index contributed by atoms with van der Waals surface area (Å²) in [6.45, 7) is 4.20. The molecule has 3 aromatic rings. The monoisotopic (exact) mass is 221 g/mol. The van der Waals surface area contributed by atoms with Gasteiger partial charge in [0.25, 0.3) is 0 Å². The van der Waals surface area contributed by atoms with Crippen LogP contribution in [0.5, 0.6) is 0 Å². The highest BCUT2D eigenvalue weighted by Crippen LogP contribution is 2.30. The van der Waals surface area contributed by atoms with Crippen molar-refractivity contribution < 1.29 is 0 Å². The van der Waals surface area contributed by atoms with Crippen LogP contribution in [0, 0.1) is 13.8 Å². The van der Waals surface area contributed by atoms with Crippen molar-refractivity contribution in [2.45, 2.75) is 13.8 Å². The molecule has 2 N–H and O–H groups in total. The maximum absolute atomic E-state index is 5.95. The lowest BCUT2D eigenvalue weighted by Crippen LogP contribution is -1.90. The minimum atomic E-state index is 0.865. The number of hydrogen-bond acceptors (Lipinski definition) is 1. The Morgan fingerprint density at radius 1 is 0.765 bits per heavy atom. The highest BCUT2D eigenvalue weighted by Gasteiger charge is 2.04. The summed E-state index contributed by atoms with van der Waals surface area (Å²) in [5.41, 5.74) is 9.29. The minimum absolute atomic E-state index is 0.865. The molecule has 0 saturated heterocycles. The van der Waals surface area contributed by atoms with Crippen molar-refractivity contribution >= 4 is 27.2 Å². The average Bonchev–Trinajstić information content (AvgIpc) is 2.33. The van der Waals surface area contributed by atoms with Crippen molar-refractivity contribution in [3.8, 4) is 0 Å². The van der Waals surface area contributed by atoms with Gasteiger partial charge in [0.1, 0.15) is 0 Å². The number of hydrogen-bond donors (Lipinski definition) is 1. The molecule has 0 amide bonds. The summed E-state index contributed by atoms with van der Waals surface area (Å²) < 4.78 is 0. The van der Waals surface area contributed by atoms with Gasteiger partial charge in [-0.25, -0.2) is 0 Å². The molecule has 3 aromatic carbocycles. The van der Waals surface area contributed by atoms with Crippen LogP contribution in [0.4, 0.5) is 5.69 Å². The lowest BCUT2D eigenvalue weighted by molar-refractivity contribution is 1.50. The zero-order chi connectivity index (χ0) is 12.0. The van der Waals surface area contributed by atoms with E-state index < -0.39 is 0 Å². The third-order valence-electron chi connectivity index (χ3n) is 3.48. The molecule has 0 aliphatic heterocycles. The second-order valence-electron chi connectivity index (χ2n) is 4.67. The van der Waals surface area contributed by atoms with Crippen molar-refractivity contribution in [3.05, 3.63) is 53.6 Å². The molecule has 0 unspecified atom stereocenters. The Bertz CT molecular complexity index is 726. The molecule has 17 heavy (non-hydrogen) atoms. The molecule has 1 nitrogen and oxygen atoms in total. The lowest BCUT2D eigenvalue weighted by atomic mass is 9.97. The molecule has 0 radical (unpaired) electrons. The molecule has 0 atom stereocenters. The molecular formula is C16H15N. The van der Waals surface area contributed by atoms with Gasteiger partial charge in [0.2, 0.25) is 0 Å². The van der Waals surface area contributed by atoms with Gasteiger partial charge in [0.15, 0.2) is 0 Å². The molecule has 0 heterocycles. The number of nitrogen functional groups attached to an aromatic ring is 1. The van der Waals surface area contributed by atoms with Crippen LogP contribution >= 0.6 is 0 Å². The van der Waals surface area contributed by atoms with Crippen LogP contribution < -0.4 is 5.73 Å². The molecule has 0 spiro atoms. The van der Waals surface area contributed by atoms with Crippen molar-refractivity contribution in [3.63, 3.8) is 0 Å². The van der Waals surface area contributed by atoms with E-state index in [4.69, 9.17) is 5.73 Å². The van der Waals surface area contributed by atoms with E-state index in [1.807, 2.05) is 6.07 Å². The summed E-state index contributed by atoms with van der Waals surface area (Å²) in [5.74, 6) is 0. The van der Waals surface area contributed by atoms with Gasteiger partial charge in [0, 0.05) is 5.69 Å². The first-order valence-corrected chi connectivity index (χ1v) is 5.85. The molecule has 0 aliphatic carbocycles. The number of benzene rings is 3. The van der Waals surface area contributed by atoms with E-state index in [1.54, 1.807) is 0 Å². The van der Waals surface area contributed by atoms with Crippen LogP contribution in [0.15, 0.2) is 42.5 Å². The van der Waals surface area contributed by atoms with E-state index in [9.17, 15) is 0 Å². The van der Waals surface area contributed by atoms with Gasteiger partial charge >= 0.3 is 0 Å². The predicted octanol–water partition coefficient (Wildman–Crippen LogP) is 4.19. The summed E-state index contributed by atoms with van der Waals surface area (Å²) in [4.78, 5) is 0. The predicted molar refractivity (Wildman–Crippen MR) is 75.3 cm³/mol. The number of fused-ring (bicyclic) bond motifs is 3. The Morgan fingerprint density at radius 3 is 2.29 bits per heavy atom. The summed E-state index contributed by atoms with van der Waals surface area (Å²) >= 11 is 0. The first-order valence-electron chi connectivity index (χ1n) is 5.85. The van der Waals surface area contributed by atoms with E-state index in [0.717, 1.165) is 5.69 Å². The molecule has 0 aliphatic rings. The second kappa shape index (κ2) is 3.49. The van der Waals surface area contributed by atoms with Crippen LogP contribution in [-0.4, -0.2) is 0 Å². The zero-order valence-electron chi connectivity index (χ0n) is 10.1. The summed E-state index contributed by atoms with van der Waals surface area (Å²) in [5, 5.41) is 5.13. The van der Waals surface area contributed by atoms with Gasteiger partial charge < -0.3 is 5.73 Å². The minimum Gasteiger partial charge on any atom is -0.398 e. The zero-order valence-corrected chi connectivity index (χ0v) is 10.1. The Labute approximate surface area is 101 Å². The first-order chi connectivity index (χ1) is 8.16. The topological polar surface area (TPSA) is 26.0 Å². The number of anilines is 1. The second-order valence-corrected chi connectivity index (χ2v) is 4.67. The molecular weight excluding hydrogens is 206 g/mol. The van der Waals surface area contributed by atoms with Crippen molar-refractivity contribution in [2.75, 3.05) is 5.73 Å². The fraction of sp³-hybridized carbons (Fsp3) is 0.125. The van der Waals surface area contributed by atoms with Crippen LogP contribution in [0.2, 0.25) is 0 Å².